The Hall–Kier alpha value is -2.44. The van der Waals surface area contributed by atoms with Crippen LogP contribution in [0.3, 0.4) is 0 Å². The maximum atomic E-state index is 5.69. The fourth-order valence-corrected chi connectivity index (χ4v) is 2.96. The maximum Gasteiger partial charge on any atom is 0.234 e. The van der Waals surface area contributed by atoms with Gasteiger partial charge in [0.1, 0.15) is 0 Å². The van der Waals surface area contributed by atoms with E-state index in [0.717, 1.165) is 37.6 Å². The van der Waals surface area contributed by atoms with E-state index in [0.29, 0.717) is 24.4 Å². The Morgan fingerprint density at radius 1 is 1.28 bits per heavy atom. The van der Waals surface area contributed by atoms with Crippen molar-refractivity contribution >= 4 is 11.6 Å². The van der Waals surface area contributed by atoms with Crippen molar-refractivity contribution in [3.05, 3.63) is 30.7 Å². The SMILES string of the molecule is CC(C)COc1cncc(N2CCC(N(C)c3cccnn3)CC2)n1. The Kier molecular flexibility index (Phi) is 5.63. The minimum Gasteiger partial charge on any atom is -0.476 e. The van der Waals surface area contributed by atoms with Gasteiger partial charge < -0.3 is 14.5 Å². The van der Waals surface area contributed by atoms with Gasteiger partial charge in [0.25, 0.3) is 0 Å². The smallest absolute Gasteiger partial charge is 0.234 e. The molecule has 0 bridgehead atoms. The lowest BCUT2D eigenvalue weighted by atomic mass is 10.0. The summed E-state index contributed by atoms with van der Waals surface area (Å²) in [5.41, 5.74) is 0. The van der Waals surface area contributed by atoms with Crippen molar-refractivity contribution in [1.29, 1.82) is 0 Å². The number of hydrogen-bond donors (Lipinski definition) is 0. The lowest BCUT2D eigenvalue weighted by Crippen LogP contribution is -2.44. The Morgan fingerprint density at radius 2 is 2.08 bits per heavy atom. The van der Waals surface area contributed by atoms with E-state index in [1.54, 1.807) is 12.4 Å². The van der Waals surface area contributed by atoms with Gasteiger partial charge in [-0.25, -0.2) is 0 Å². The van der Waals surface area contributed by atoms with Crippen LogP contribution in [-0.4, -0.2) is 53.0 Å². The lowest BCUT2D eigenvalue weighted by Gasteiger charge is -2.37. The van der Waals surface area contributed by atoms with Gasteiger partial charge in [-0.2, -0.15) is 10.1 Å². The molecule has 134 valence electrons. The lowest BCUT2D eigenvalue weighted by molar-refractivity contribution is 0.260. The average Bonchev–Trinajstić information content (AvgIpc) is 2.67. The quantitative estimate of drug-likeness (QED) is 0.798. The Balaban J connectivity index is 1.58. The first-order chi connectivity index (χ1) is 12.1. The van der Waals surface area contributed by atoms with Gasteiger partial charge >= 0.3 is 0 Å². The molecule has 0 N–H and O–H groups in total. The van der Waals surface area contributed by atoms with E-state index in [2.05, 4.69) is 50.9 Å². The van der Waals surface area contributed by atoms with Crippen molar-refractivity contribution in [2.24, 2.45) is 5.92 Å². The molecule has 0 aliphatic carbocycles. The highest BCUT2D eigenvalue weighted by Gasteiger charge is 2.24. The van der Waals surface area contributed by atoms with Crippen LogP contribution < -0.4 is 14.5 Å². The van der Waals surface area contributed by atoms with Crippen molar-refractivity contribution in [2.45, 2.75) is 32.7 Å². The predicted molar refractivity (Wildman–Crippen MR) is 98.0 cm³/mol. The summed E-state index contributed by atoms with van der Waals surface area (Å²) in [6, 6.07) is 4.38. The molecule has 0 amide bonds. The second-order valence-corrected chi connectivity index (χ2v) is 6.83. The van der Waals surface area contributed by atoms with Crippen molar-refractivity contribution in [2.75, 3.05) is 36.5 Å². The van der Waals surface area contributed by atoms with E-state index < -0.39 is 0 Å². The second kappa shape index (κ2) is 8.09. The van der Waals surface area contributed by atoms with Gasteiger partial charge in [0, 0.05) is 32.4 Å². The topological polar surface area (TPSA) is 67.3 Å². The molecule has 3 rings (SSSR count). The van der Waals surface area contributed by atoms with Crippen LogP contribution in [0.4, 0.5) is 11.6 Å². The van der Waals surface area contributed by atoms with Crippen LogP contribution in [0.1, 0.15) is 26.7 Å². The van der Waals surface area contributed by atoms with Crippen molar-refractivity contribution < 1.29 is 4.74 Å². The zero-order valence-corrected chi connectivity index (χ0v) is 15.2. The van der Waals surface area contributed by atoms with Crippen molar-refractivity contribution in [3.8, 4) is 5.88 Å². The fraction of sp³-hybridized carbons (Fsp3) is 0.556. The van der Waals surface area contributed by atoms with Gasteiger partial charge in [0.05, 0.1) is 19.0 Å². The zero-order valence-electron chi connectivity index (χ0n) is 15.2. The molecule has 0 spiro atoms. The summed E-state index contributed by atoms with van der Waals surface area (Å²) in [5, 5.41) is 8.17. The van der Waals surface area contributed by atoms with Gasteiger partial charge in [0.15, 0.2) is 11.6 Å². The van der Waals surface area contributed by atoms with Crippen LogP contribution >= 0.6 is 0 Å². The maximum absolute atomic E-state index is 5.69. The highest BCUT2D eigenvalue weighted by atomic mass is 16.5. The van der Waals surface area contributed by atoms with Crippen molar-refractivity contribution in [1.82, 2.24) is 20.2 Å². The number of anilines is 2. The van der Waals surface area contributed by atoms with E-state index in [4.69, 9.17) is 4.74 Å². The second-order valence-electron chi connectivity index (χ2n) is 6.83. The monoisotopic (exact) mass is 342 g/mol. The molecule has 1 saturated heterocycles. The molecule has 1 aliphatic heterocycles. The summed E-state index contributed by atoms with van der Waals surface area (Å²) in [6.07, 6.45) is 7.29. The molecule has 25 heavy (non-hydrogen) atoms. The summed E-state index contributed by atoms with van der Waals surface area (Å²) < 4.78 is 5.69. The first-order valence-electron chi connectivity index (χ1n) is 8.84. The van der Waals surface area contributed by atoms with Gasteiger partial charge in [-0.1, -0.05) is 13.8 Å². The summed E-state index contributed by atoms with van der Waals surface area (Å²) in [4.78, 5) is 13.4. The highest BCUT2D eigenvalue weighted by molar-refractivity contribution is 5.41. The van der Waals surface area contributed by atoms with Crippen LogP contribution in [0.2, 0.25) is 0 Å². The van der Waals surface area contributed by atoms with Gasteiger partial charge in [-0.3, -0.25) is 4.98 Å². The molecule has 2 aromatic rings. The molecule has 0 unspecified atom stereocenters. The Bertz CT molecular complexity index is 658. The summed E-state index contributed by atoms with van der Waals surface area (Å²) >= 11 is 0. The first kappa shape index (κ1) is 17.4. The van der Waals surface area contributed by atoms with Crippen LogP contribution in [0.25, 0.3) is 0 Å². The number of rotatable bonds is 6. The molecule has 0 aromatic carbocycles. The molecule has 7 nitrogen and oxygen atoms in total. The molecular formula is C18H26N6O. The third-order valence-corrected chi connectivity index (χ3v) is 4.42. The summed E-state index contributed by atoms with van der Waals surface area (Å²) in [6.45, 7) is 6.78. The standard InChI is InChI=1S/C18H26N6O/c1-14(2)13-25-18-12-19-11-17(21-18)24-9-6-15(7-10-24)23(3)16-5-4-8-20-22-16/h4-5,8,11-12,14-15H,6-7,9-10,13H2,1-3H3. The van der Waals surface area contributed by atoms with Crippen molar-refractivity contribution in [3.63, 3.8) is 0 Å². The molecular weight excluding hydrogens is 316 g/mol. The minimum absolute atomic E-state index is 0.460. The van der Waals surface area contributed by atoms with Gasteiger partial charge in [-0.15, -0.1) is 5.10 Å². The molecule has 0 radical (unpaired) electrons. The summed E-state index contributed by atoms with van der Waals surface area (Å²) in [7, 11) is 2.09. The molecule has 3 heterocycles. The normalized spacial score (nSPS) is 15.4. The van der Waals surface area contributed by atoms with Gasteiger partial charge in [-0.05, 0) is 30.9 Å². The molecule has 1 aliphatic rings. The number of nitrogens with zero attached hydrogens (tertiary/aromatic N) is 6. The zero-order chi connectivity index (χ0) is 17.6. The highest BCUT2D eigenvalue weighted by Crippen LogP contribution is 2.23. The van der Waals surface area contributed by atoms with E-state index in [-0.39, 0.29) is 0 Å². The van der Waals surface area contributed by atoms with Crippen LogP contribution in [0.5, 0.6) is 5.88 Å². The molecule has 0 saturated carbocycles. The number of ether oxygens (including phenoxy) is 1. The van der Waals surface area contributed by atoms with Crippen LogP contribution in [-0.2, 0) is 0 Å². The van der Waals surface area contributed by atoms with E-state index in [1.807, 2.05) is 18.3 Å². The fourth-order valence-electron chi connectivity index (χ4n) is 2.96. The molecule has 7 heteroatoms. The molecule has 1 fully saturated rings. The van der Waals surface area contributed by atoms with Crippen LogP contribution in [0.15, 0.2) is 30.7 Å². The predicted octanol–water partition coefficient (Wildman–Crippen LogP) is 2.41. The summed E-state index contributed by atoms with van der Waals surface area (Å²) in [5.74, 6) is 2.88. The Morgan fingerprint density at radius 3 is 2.76 bits per heavy atom. The minimum atomic E-state index is 0.460. The number of hydrogen-bond acceptors (Lipinski definition) is 7. The van der Waals surface area contributed by atoms with E-state index >= 15 is 0 Å². The number of aromatic nitrogens is 4. The Labute approximate surface area is 149 Å². The third kappa shape index (κ3) is 4.55. The molecule has 2 aromatic heterocycles. The van der Waals surface area contributed by atoms with Gasteiger partial charge in [0.2, 0.25) is 5.88 Å². The van der Waals surface area contributed by atoms with Crippen LogP contribution in [0, 0.1) is 5.92 Å². The first-order valence-corrected chi connectivity index (χ1v) is 8.84. The van der Waals surface area contributed by atoms with E-state index in [9.17, 15) is 0 Å². The number of piperidine rings is 1. The van der Waals surface area contributed by atoms with E-state index in [1.165, 1.54) is 0 Å². The largest absolute Gasteiger partial charge is 0.476 e. The average molecular weight is 342 g/mol. The molecule has 0 atom stereocenters. The third-order valence-electron chi connectivity index (χ3n) is 4.42.